The van der Waals surface area contributed by atoms with E-state index in [2.05, 4.69) is 44.3 Å². The lowest BCUT2D eigenvalue weighted by Crippen LogP contribution is -2.36. The number of nitrogens with zero attached hydrogens (tertiary/aromatic N) is 5. The van der Waals surface area contributed by atoms with Crippen molar-refractivity contribution in [2.24, 2.45) is 0 Å². The molecule has 1 N–H and O–H groups in total. The maximum absolute atomic E-state index is 12.3. The molecule has 1 fully saturated rings. The van der Waals surface area contributed by atoms with E-state index >= 15 is 0 Å². The number of fused-ring (bicyclic) bond motifs is 1. The number of nitrogens with one attached hydrogen (secondary N) is 1. The second-order valence-corrected chi connectivity index (χ2v) is 7.61. The fourth-order valence-corrected chi connectivity index (χ4v) is 3.83. The van der Waals surface area contributed by atoms with Crippen LogP contribution < -0.4 is 15.0 Å². The van der Waals surface area contributed by atoms with Gasteiger partial charge < -0.3 is 19.7 Å². The van der Waals surface area contributed by atoms with Crippen molar-refractivity contribution in [2.45, 2.75) is 19.8 Å². The molecule has 0 saturated carbocycles. The summed E-state index contributed by atoms with van der Waals surface area (Å²) in [7, 11) is 1.57. The summed E-state index contributed by atoms with van der Waals surface area (Å²) >= 11 is 0. The largest absolute Gasteiger partial charge is 0.467 e. The van der Waals surface area contributed by atoms with Crippen molar-refractivity contribution in [3.63, 3.8) is 0 Å². The highest BCUT2D eigenvalue weighted by atomic mass is 19.1. The number of alkyl halides is 1. The van der Waals surface area contributed by atoms with Crippen molar-refractivity contribution < 1.29 is 13.9 Å². The van der Waals surface area contributed by atoms with Crippen molar-refractivity contribution in [3.8, 4) is 11.8 Å². The molecule has 1 aliphatic rings. The Morgan fingerprint density at radius 2 is 1.94 bits per heavy atom. The van der Waals surface area contributed by atoms with Gasteiger partial charge in [0.1, 0.15) is 12.5 Å². The van der Waals surface area contributed by atoms with Crippen LogP contribution in [0.4, 0.5) is 10.2 Å². The third kappa shape index (κ3) is 4.94. The molecule has 3 heterocycles. The van der Waals surface area contributed by atoms with Crippen molar-refractivity contribution in [3.05, 3.63) is 35.5 Å². The van der Waals surface area contributed by atoms with E-state index < -0.39 is 0 Å². The first kappa shape index (κ1) is 21.5. The average Bonchev–Trinajstić information content (AvgIpc) is 3.21. The van der Waals surface area contributed by atoms with E-state index in [0.29, 0.717) is 31.6 Å². The number of morpholine rings is 1. The van der Waals surface area contributed by atoms with Crippen LogP contribution in [-0.4, -0.2) is 72.9 Å². The normalized spacial score (nSPS) is 14.4. The van der Waals surface area contributed by atoms with Gasteiger partial charge in [0.2, 0.25) is 0 Å². The predicted octanol–water partition coefficient (Wildman–Crippen LogP) is 2.46. The molecule has 2 aromatic heterocycles. The highest BCUT2D eigenvalue weighted by Gasteiger charge is 2.17. The van der Waals surface area contributed by atoms with E-state index in [1.807, 2.05) is 16.9 Å². The van der Waals surface area contributed by atoms with Gasteiger partial charge >= 0.3 is 6.01 Å². The Hall–Kier alpha value is -2.78. The third-order valence-corrected chi connectivity index (χ3v) is 5.51. The number of aryl methyl sites for hydroxylation is 2. The molecule has 0 bridgehead atoms. The number of hydrogen-bond donors (Lipinski definition) is 1. The summed E-state index contributed by atoms with van der Waals surface area (Å²) in [5, 5.41) is 8.77. The van der Waals surface area contributed by atoms with Crippen molar-refractivity contribution in [1.82, 2.24) is 25.1 Å². The van der Waals surface area contributed by atoms with Gasteiger partial charge in [-0.25, -0.2) is 9.07 Å². The van der Waals surface area contributed by atoms with E-state index in [4.69, 9.17) is 9.47 Å². The molecule has 3 aromatic rings. The maximum atomic E-state index is 12.3. The molecule has 0 atom stereocenters. The Kier molecular flexibility index (Phi) is 6.93. The lowest BCUT2D eigenvalue weighted by molar-refractivity contribution is 0.122. The summed E-state index contributed by atoms with van der Waals surface area (Å²) in [6.07, 6.45) is 3.72. The molecule has 4 rings (SSSR count). The zero-order valence-corrected chi connectivity index (χ0v) is 18.1. The van der Waals surface area contributed by atoms with Gasteiger partial charge in [-0.3, -0.25) is 0 Å². The summed E-state index contributed by atoms with van der Waals surface area (Å²) in [5.41, 5.74) is 3.48. The quantitative estimate of drug-likeness (QED) is 0.525. The van der Waals surface area contributed by atoms with Crippen LogP contribution in [0.2, 0.25) is 0 Å². The predicted molar refractivity (Wildman–Crippen MR) is 118 cm³/mol. The minimum absolute atomic E-state index is 0.314. The minimum atomic E-state index is -0.334. The number of rotatable bonds is 9. The monoisotopic (exact) mass is 428 g/mol. The van der Waals surface area contributed by atoms with Crippen LogP contribution in [0, 0.1) is 6.92 Å². The zero-order chi connectivity index (χ0) is 21.6. The molecule has 9 heteroatoms. The molecule has 0 radical (unpaired) electrons. The number of halogens is 1. The molecular formula is C22H29FN6O2. The van der Waals surface area contributed by atoms with E-state index in [0.717, 1.165) is 49.2 Å². The van der Waals surface area contributed by atoms with E-state index in [-0.39, 0.29) is 6.67 Å². The topological polar surface area (TPSA) is 77.3 Å². The van der Waals surface area contributed by atoms with Gasteiger partial charge in [0.25, 0.3) is 0 Å². The summed E-state index contributed by atoms with van der Waals surface area (Å²) in [5.74, 6) is 1.47. The second kappa shape index (κ2) is 10.0. The molecule has 31 heavy (non-hydrogen) atoms. The number of methoxy groups -OCH3 is 1. The van der Waals surface area contributed by atoms with Crippen LogP contribution in [0.3, 0.4) is 0 Å². The zero-order valence-electron chi connectivity index (χ0n) is 18.1. The highest BCUT2D eigenvalue weighted by Crippen LogP contribution is 2.25. The SMILES string of the molecule is COc1nc(N2CCOCC2)cc(-n2ncc3cc(C)c(CCCNCCF)cc32)n1. The number of aromatic nitrogens is 4. The smallest absolute Gasteiger partial charge is 0.320 e. The Labute approximate surface area is 181 Å². The molecule has 0 aliphatic carbocycles. The number of ether oxygens (including phenoxy) is 2. The lowest BCUT2D eigenvalue weighted by Gasteiger charge is -2.28. The molecule has 166 valence electrons. The fraction of sp³-hybridized carbons (Fsp3) is 0.500. The molecule has 1 aromatic carbocycles. The van der Waals surface area contributed by atoms with Gasteiger partial charge in [0, 0.05) is 31.1 Å². The van der Waals surface area contributed by atoms with Gasteiger partial charge in [-0.05, 0) is 49.6 Å². The van der Waals surface area contributed by atoms with Crippen LogP contribution in [0.5, 0.6) is 6.01 Å². The van der Waals surface area contributed by atoms with Crippen molar-refractivity contribution in [1.29, 1.82) is 0 Å². The van der Waals surface area contributed by atoms with Crippen LogP contribution >= 0.6 is 0 Å². The lowest BCUT2D eigenvalue weighted by atomic mass is 10.0. The van der Waals surface area contributed by atoms with E-state index in [1.165, 1.54) is 11.1 Å². The first-order chi connectivity index (χ1) is 15.2. The first-order valence-electron chi connectivity index (χ1n) is 10.7. The van der Waals surface area contributed by atoms with Gasteiger partial charge in [-0.2, -0.15) is 15.1 Å². The van der Waals surface area contributed by atoms with Crippen LogP contribution in [0.15, 0.2) is 24.4 Å². The van der Waals surface area contributed by atoms with Gasteiger partial charge in [-0.15, -0.1) is 0 Å². The molecule has 0 unspecified atom stereocenters. The second-order valence-electron chi connectivity index (χ2n) is 7.61. The summed E-state index contributed by atoms with van der Waals surface area (Å²) in [6, 6.07) is 6.59. The van der Waals surface area contributed by atoms with Crippen molar-refractivity contribution in [2.75, 3.05) is 58.1 Å². The molecule has 0 spiro atoms. The Morgan fingerprint density at radius 1 is 1.13 bits per heavy atom. The molecule has 8 nitrogen and oxygen atoms in total. The maximum Gasteiger partial charge on any atom is 0.320 e. The van der Waals surface area contributed by atoms with Gasteiger partial charge in [-0.1, -0.05) is 0 Å². The fourth-order valence-electron chi connectivity index (χ4n) is 3.83. The van der Waals surface area contributed by atoms with E-state index in [1.54, 1.807) is 7.11 Å². The van der Waals surface area contributed by atoms with Gasteiger partial charge in [0.05, 0.1) is 32.0 Å². The summed E-state index contributed by atoms with van der Waals surface area (Å²) < 4.78 is 24.9. The van der Waals surface area contributed by atoms with Gasteiger partial charge in [0.15, 0.2) is 5.82 Å². The Balaban J connectivity index is 1.64. The minimum Gasteiger partial charge on any atom is -0.467 e. The van der Waals surface area contributed by atoms with Crippen LogP contribution in [-0.2, 0) is 11.2 Å². The van der Waals surface area contributed by atoms with Crippen LogP contribution in [0.25, 0.3) is 16.7 Å². The highest BCUT2D eigenvalue weighted by molar-refractivity contribution is 5.82. The standard InChI is InChI=1S/C22H29FN6O2/c1-16-12-18-15-25-29(19(18)13-17(16)4-3-6-24-7-5-23)21-14-20(26-22(27-21)30-2)28-8-10-31-11-9-28/h12-15,24H,3-11H2,1-2H3. The molecule has 1 saturated heterocycles. The molecule has 0 amide bonds. The van der Waals surface area contributed by atoms with Crippen molar-refractivity contribution >= 4 is 16.7 Å². The average molecular weight is 429 g/mol. The number of benzene rings is 1. The summed E-state index contributed by atoms with van der Waals surface area (Å²) in [4.78, 5) is 11.2. The summed E-state index contributed by atoms with van der Waals surface area (Å²) in [6.45, 7) is 5.89. The Bertz CT molecular complexity index is 1020. The molecular weight excluding hydrogens is 399 g/mol. The number of anilines is 1. The Morgan fingerprint density at radius 3 is 2.71 bits per heavy atom. The number of hydrogen-bond acceptors (Lipinski definition) is 7. The first-order valence-corrected chi connectivity index (χ1v) is 10.7. The van der Waals surface area contributed by atoms with E-state index in [9.17, 15) is 4.39 Å². The van der Waals surface area contributed by atoms with Crippen LogP contribution in [0.1, 0.15) is 17.5 Å². The third-order valence-electron chi connectivity index (χ3n) is 5.51. The molecule has 1 aliphatic heterocycles.